The van der Waals surface area contributed by atoms with Crippen LogP contribution in [-0.2, 0) is 6.42 Å². The van der Waals surface area contributed by atoms with E-state index in [-0.39, 0.29) is 6.04 Å². The van der Waals surface area contributed by atoms with Crippen LogP contribution in [0.2, 0.25) is 0 Å². The number of nitrogens with one attached hydrogen (secondary N) is 1. The predicted molar refractivity (Wildman–Crippen MR) is 75.8 cm³/mol. The van der Waals surface area contributed by atoms with E-state index in [1.165, 1.54) is 5.56 Å². The van der Waals surface area contributed by atoms with E-state index in [0.717, 1.165) is 24.9 Å². The summed E-state index contributed by atoms with van der Waals surface area (Å²) in [6, 6.07) is 8.25. The summed E-state index contributed by atoms with van der Waals surface area (Å²) in [7, 11) is 0. The molecular formula is C15H21N3O. The topological polar surface area (TPSA) is 51.0 Å². The summed E-state index contributed by atoms with van der Waals surface area (Å²) in [5.74, 6) is 1.26. The molecule has 0 aliphatic rings. The molecule has 0 saturated heterocycles. The van der Waals surface area contributed by atoms with Gasteiger partial charge in [-0.3, -0.25) is 0 Å². The van der Waals surface area contributed by atoms with E-state index >= 15 is 0 Å². The third kappa shape index (κ3) is 3.20. The van der Waals surface area contributed by atoms with Crippen molar-refractivity contribution < 1.29 is 4.42 Å². The number of hydrogen-bond donors (Lipinski definition) is 1. The van der Waals surface area contributed by atoms with Gasteiger partial charge in [-0.15, -0.1) is 10.2 Å². The highest BCUT2D eigenvalue weighted by molar-refractivity contribution is 5.58. The molecule has 19 heavy (non-hydrogen) atoms. The highest BCUT2D eigenvalue weighted by atomic mass is 16.4. The van der Waals surface area contributed by atoms with Crippen molar-refractivity contribution in [3.05, 3.63) is 35.7 Å². The van der Waals surface area contributed by atoms with Gasteiger partial charge in [-0.1, -0.05) is 32.0 Å². The van der Waals surface area contributed by atoms with Gasteiger partial charge in [0, 0.05) is 5.56 Å². The van der Waals surface area contributed by atoms with Crippen LogP contribution in [0.3, 0.4) is 0 Å². The maximum Gasteiger partial charge on any atom is 0.248 e. The first-order valence-corrected chi connectivity index (χ1v) is 6.91. The summed E-state index contributed by atoms with van der Waals surface area (Å²) in [6.07, 6.45) is 2.04. The lowest BCUT2D eigenvalue weighted by atomic mass is 10.1. The Morgan fingerprint density at radius 1 is 1.21 bits per heavy atom. The Bertz CT molecular complexity index is 522. The summed E-state index contributed by atoms with van der Waals surface area (Å²) < 4.78 is 5.79. The molecule has 2 aromatic rings. The van der Waals surface area contributed by atoms with Crippen LogP contribution < -0.4 is 5.32 Å². The summed E-state index contributed by atoms with van der Waals surface area (Å²) in [6.45, 7) is 7.25. The van der Waals surface area contributed by atoms with Gasteiger partial charge in [0.25, 0.3) is 0 Å². The van der Waals surface area contributed by atoms with Gasteiger partial charge in [-0.05, 0) is 37.9 Å². The van der Waals surface area contributed by atoms with Crippen LogP contribution in [0.4, 0.5) is 0 Å². The molecule has 0 spiro atoms. The van der Waals surface area contributed by atoms with Crippen molar-refractivity contribution in [1.82, 2.24) is 15.5 Å². The third-order valence-electron chi connectivity index (χ3n) is 3.14. The number of benzene rings is 1. The van der Waals surface area contributed by atoms with E-state index in [9.17, 15) is 0 Å². The molecule has 2 rings (SSSR count). The first kappa shape index (κ1) is 13.7. The minimum Gasteiger partial charge on any atom is -0.419 e. The lowest BCUT2D eigenvalue weighted by Gasteiger charge is -2.07. The molecule has 0 radical (unpaired) electrons. The Morgan fingerprint density at radius 2 is 2.00 bits per heavy atom. The van der Waals surface area contributed by atoms with Gasteiger partial charge in [-0.2, -0.15) is 0 Å². The zero-order chi connectivity index (χ0) is 13.7. The van der Waals surface area contributed by atoms with Gasteiger partial charge in [0.05, 0.1) is 6.04 Å². The van der Waals surface area contributed by atoms with Crippen molar-refractivity contribution >= 4 is 0 Å². The minimum atomic E-state index is 0.0926. The summed E-state index contributed by atoms with van der Waals surface area (Å²) in [5, 5.41) is 11.7. The molecule has 4 nitrogen and oxygen atoms in total. The van der Waals surface area contributed by atoms with E-state index in [4.69, 9.17) is 4.42 Å². The molecule has 1 unspecified atom stereocenters. The normalized spacial score (nSPS) is 12.6. The van der Waals surface area contributed by atoms with Crippen LogP contribution in [0.25, 0.3) is 11.5 Å². The fraction of sp³-hybridized carbons (Fsp3) is 0.467. The maximum atomic E-state index is 5.79. The average Bonchev–Trinajstić information content (AvgIpc) is 2.94. The molecule has 1 aromatic heterocycles. The number of aryl methyl sites for hydroxylation is 1. The van der Waals surface area contributed by atoms with Gasteiger partial charge in [0.15, 0.2) is 0 Å². The summed E-state index contributed by atoms with van der Waals surface area (Å²) in [4.78, 5) is 0. The fourth-order valence-electron chi connectivity index (χ4n) is 2.00. The Balaban J connectivity index is 2.20. The summed E-state index contributed by atoms with van der Waals surface area (Å²) in [5.41, 5.74) is 2.26. The lowest BCUT2D eigenvalue weighted by molar-refractivity contribution is 0.423. The van der Waals surface area contributed by atoms with Crippen LogP contribution in [0.15, 0.2) is 28.7 Å². The third-order valence-corrected chi connectivity index (χ3v) is 3.14. The van der Waals surface area contributed by atoms with Gasteiger partial charge in [0.2, 0.25) is 11.8 Å². The second kappa shape index (κ2) is 6.48. The average molecular weight is 259 g/mol. The number of nitrogens with zero attached hydrogens (tertiary/aromatic N) is 2. The van der Waals surface area contributed by atoms with Crippen LogP contribution in [0.5, 0.6) is 0 Å². The Morgan fingerprint density at radius 3 is 2.74 bits per heavy atom. The Labute approximate surface area is 114 Å². The zero-order valence-corrected chi connectivity index (χ0v) is 11.8. The predicted octanol–water partition coefficient (Wildman–Crippen LogP) is 3.36. The van der Waals surface area contributed by atoms with Gasteiger partial charge in [0.1, 0.15) is 0 Å². The molecule has 1 N–H and O–H groups in total. The summed E-state index contributed by atoms with van der Waals surface area (Å²) >= 11 is 0. The van der Waals surface area contributed by atoms with Crippen molar-refractivity contribution in [1.29, 1.82) is 0 Å². The maximum absolute atomic E-state index is 5.79. The molecule has 0 fully saturated rings. The minimum absolute atomic E-state index is 0.0926. The van der Waals surface area contributed by atoms with Gasteiger partial charge in [-0.25, -0.2) is 0 Å². The molecule has 4 heteroatoms. The molecular weight excluding hydrogens is 238 g/mol. The zero-order valence-electron chi connectivity index (χ0n) is 11.8. The lowest BCUT2D eigenvalue weighted by Crippen LogP contribution is -2.19. The molecule has 0 bridgehead atoms. The quantitative estimate of drug-likeness (QED) is 0.864. The number of aromatic nitrogens is 2. The second-order valence-corrected chi connectivity index (χ2v) is 4.63. The number of hydrogen-bond acceptors (Lipinski definition) is 4. The van der Waals surface area contributed by atoms with Crippen molar-refractivity contribution in [2.45, 2.75) is 39.7 Å². The molecule has 102 valence electrons. The second-order valence-electron chi connectivity index (χ2n) is 4.63. The van der Waals surface area contributed by atoms with Crippen molar-refractivity contribution in [3.8, 4) is 11.5 Å². The van der Waals surface area contributed by atoms with E-state index in [2.05, 4.69) is 35.4 Å². The van der Waals surface area contributed by atoms with E-state index in [1.807, 2.05) is 25.1 Å². The fourth-order valence-corrected chi connectivity index (χ4v) is 2.00. The molecule has 1 atom stereocenters. The molecule has 0 amide bonds. The molecule has 0 saturated carbocycles. The Kier molecular flexibility index (Phi) is 4.68. The highest BCUT2D eigenvalue weighted by Crippen LogP contribution is 2.24. The highest BCUT2D eigenvalue weighted by Gasteiger charge is 2.15. The van der Waals surface area contributed by atoms with Crippen LogP contribution in [0, 0.1) is 0 Å². The molecule has 1 aromatic carbocycles. The molecule has 0 aliphatic heterocycles. The van der Waals surface area contributed by atoms with E-state index in [0.29, 0.717) is 11.8 Å². The van der Waals surface area contributed by atoms with Crippen LogP contribution in [0.1, 0.15) is 44.7 Å². The van der Waals surface area contributed by atoms with Gasteiger partial charge >= 0.3 is 0 Å². The van der Waals surface area contributed by atoms with E-state index < -0.39 is 0 Å². The Hall–Kier alpha value is -1.68. The first-order chi connectivity index (χ1) is 9.26. The molecule has 1 heterocycles. The molecule has 0 aliphatic carbocycles. The SMILES string of the molecule is CCCNC(C)c1nnc(-c2ccccc2CC)o1. The van der Waals surface area contributed by atoms with Crippen LogP contribution in [-0.4, -0.2) is 16.7 Å². The van der Waals surface area contributed by atoms with Crippen molar-refractivity contribution in [2.24, 2.45) is 0 Å². The standard InChI is InChI=1S/C15H21N3O/c1-4-10-16-11(3)14-17-18-15(19-14)13-9-7-6-8-12(13)5-2/h6-9,11,16H,4-5,10H2,1-3H3. The van der Waals surface area contributed by atoms with E-state index in [1.54, 1.807) is 0 Å². The van der Waals surface area contributed by atoms with Crippen LogP contribution >= 0.6 is 0 Å². The van der Waals surface area contributed by atoms with Crippen molar-refractivity contribution in [2.75, 3.05) is 6.54 Å². The largest absolute Gasteiger partial charge is 0.419 e. The smallest absolute Gasteiger partial charge is 0.248 e. The van der Waals surface area contributed by atoms with Gasteiger partial charge < -0.3 is 9.73 Å². The monoisotopic (exact) mass is 259 g/mol. The number of rotatable bonds is 6. The first-order valence-electron chi connectivity index (χ1n) is 6.91. The van der Waals surface area contributed by atoms with Crippen molar-refractivity contribution in [3.63, 3.8) is 0 Å².